The summed E-state index contributed by atoms with van der Waals surface area (Å²) in [5.41, 5.74) is 3.37. The van der Waals surface area contributed by atoms with Gasteiger partial charge < -0.3 is 0 Å². The summed E-state index contributed by atoms with van der Waals surface area (Å²) in [5.74, 6) is 5.95. The fourth-order valence-corrected chi connectivity index (χ4v) is 3.01. The number of thiazole rings is 1. The van der Waals surface area contributed by atoms with Crippen molar-refractivity contribution in [3.05, 3.63) is 23.7 Å². The Balaban J connectivity index is 1.96. The lowest BCUT2D eigenvalue weighted by Crippen LogP contribution is -2.14. The Morgan fingerprint density at radius 1 is 1.30 bits per heavy atom. The summed E-state index contributed by atoms with van der Waals surface area (Å²) in [6, 6.07) is 0. The summed E-state index contributed by atoms with van der Waals surface area (Å²) in [6.45, 7) is 1.93. The minimum absolute atomic E-state index is 0.251. The maximum absolute atomic E-state index is 5.37. The van der Waals surface area contributed by atoms with Gasteiger partial charge in [0.05, 0.1) is 0 Å². The molecule has 0 atom stereocenters. The molecular weight excluding hydrogens is 298 g/mol. The van der Waals surface area contributed by atoms with Crippen LogP contribution in [0.5, 0.6) is 0 Å². The van der Waals surface area contributed by atoms with E-state index in [2.05, 4.69) is 35.4 Å². The highest BCUT2D eigenvalue weighted by molar-refractivity contribution is 8.00. The van der Waals surface area contributed by atoms with Crippen LogP contribution in [0.25, 0.3) is 5.95 Å². The third kappa shape index (κ3) is 2.74. The smallest absolute Gasteiger partial charge is 0.257 e. The van der Waals surface area contributed by atoms with Gasteiger partial charge in [-0.25, -0.2) is 15.8 Å². The van der Waals surface area contributed by atoms with Gasteiger partial charge >= 0.3 is 0 Å². The summed E-state index contributed by atoms with van der Waals surface area (Å²) >= 11 is 2.86. The van der Waals surface area contributed by atoms with Crippen LogP contribution >= 0.6 is 23.1 Å². The van der Waals surface area contributed by atoms with Crippen LogP contribution in [0.2, 0.25) is 0 Å². The van der Waals surface area contributed by atoms with E-state index in [9.17, 15) is 0 Å². The molecule has 3 aromatic rings. The molecule has 3 rings (SSSR count). The van der Waals surface area contributed by atoms with Gasteiger partial charge in [0.15, 0.2) is 4.34 Å². The van der Waals surface area contributed by atoms with Crippen LogP contribution < -0.4 is 11.3 Å². The minimum Gasteiger partial charge on any atom is -0.292 e. The molecule has 0 aromatic carbocycles. The number of hydrogen-bond donors (Lipinski definition) is 2. The fourth-order valence-electron chi connectivity index (χ4n) is 1.33. The number of aryl methyl sites for hydroxylation is 1. The molecule has 0 aliphatic carbocycles. The van der Waals surface area contributed by atoms with Gasteiger partial charge in [0.2, 0.25) is 11.1 Å². The zero-order chi connectivity index (χ0) is 13.9. The molecule has 0 unspecified atom stereocenters. The molecule has 0 radical (unpaired) electrons. The molecule has 0 saturated carbocycles. The van der Waals surface area contributed by atoms with E-state index in [0.717, 1.165) is 10.0 Å². The maximum Gasteiger partial charge on any atom is 0.257 e. The molecule has 0 saturated heterocycles. The lowest BCUT2D eigenvalue weighted by atomic mass is 10.6. The number of anilines is 1. The first-order valence-corrected chi connectivity index (χ1v) is 7.12. The summed E-state index contributed by atoms with van der Waals surface area (Å²) in [6.07, 6.45) is 2.90. The molecule has 3 aromatic heterocycles. The Hall–Kier alpha value is -2.11. The van der Waals surface area contributed by atoms with Crippen LogP contribution in [0.1, 0.15) is 5.69 Å². The second-order valence-electron chi connectivity index (χ2n) is 3.58. The van der Waals surface area contributed by atoms with Crippen molar-refractivity contribution in [3.63, 3.8) is 0 Å². The molecule has 11 heteroatoms. The van der Waals surface area contributed by atoms with E-state index in [0.29, 0.717) is 11.1 Å². The molecule has 20 heavy (non-hydrogen) atoms. The molecule has 9 nitrogen and oxygen atoms in total. The quantitative estimate of drug-likeness (QED) is 0.528. The van der Waals surface area contributed by atoms with E-state index in [1.807, 2.05) is 12.3 Å². The van der Waals surface area contributed by atoms with Gasteiger partial charge in [-0.15, -0.1) is 11.3 Å². The lowest BCUT2D eigenvalue weighted by molar-refractivity contribution is 0.759. The molecule has 3 heterocycles. The van der Waals surface area contributed by atoms with Crippen molar-refractivity contribution in [1.29, 1.82) is 0 Å². The number of hydrogen-bond acceptors (Lipinski definition) is 10. The van der Waals surface area contributed by atoms with Crippen molar-refractivity contribution in [1.82, 2.24) is 34.7 Å². The van der Waals surface area contributed by atoms with Gasteiger partial charge in [0.25, 0.3) is 5.95 Å². The molecule has 3 N–H and O–H groups in total. The van der Waals surface area contributed by atoms with Crippen molar-refractivity contribution in [2.24, 2.45) is 5.84 Å². The van der Waals surface area contributed by atoms with Gasteiger partial charge in [-0.2, -0.15) is 24.7 Å². The van der Waals surface area contributed by atoms with E-state index in [4.69, 9.17) is 5.84 Å². The highest BCUT2D eigenvalue weighted by atomic mass is 32.2. The van der Waals surface area contributed by atoms with E-state index in [1.165, 1.54) is 40.4 Å². The van der Waals surface area contributed by atoms with Crippen molar-refractivity contribution < 1.29 is 0 Å². The first-order valence-electron chi connectivity index (χ1n) is 5.42. The number of nitrogen functional groups attached to an aromatic ring is 1. The third-order valence-electron chi connectivity index (χ3n) is 2.13. The standard InChI is InChI=1S/C9H9N9S2/c1-5-2-19-9(13-5)20-8-15-6(17-10)14-7(16-8)18-4-11-3-12-18/h2-4H,10H2,1H3,(H,14,15,16,17). The Bertz CT molecular complexity index is 708. The molecule has 0 amide bonds. The van der Waals surface area contributed by atoms with Gasteiger partial charge in [0.1, 0.15) is 12.7 Å². The second-order valence-corrected chi connectivity index (χ2v) is 5.66. The van der Waals surface area contributed by atoms with Gasteiger partial charge in [-0.1, -0.05) is 0 Å². The minimum atomic E-state index is 0.251. The first kappa shape index (κ1) is 12.9. The molecule has 0 aliphatic heterocycles. The maximum atomic E-state index is 5.37. The van der Waals surface area contributed by atoms with Gasteiger partial charge in [0, 0.05) is 11.1 Å². The van der Waals surface area contributed by atoms with Crippen LogP contribution in [-0.2, 0) is 0 Å². The monoisotopic (exact) mass is 307 g/mol. The Kier molecular flexibility index (Phi) is 3.54. The average molecular weight is 307 g/mol. The molecular formula is C9H9N9S2. The average Bonchev–Trinajstić information content (AvgIpc) is 3.10. The molecule has 0 bridgehead atoms. The summed E-state index contributed by atoms with van der Waals surface area (Å²) < 4.78 is 2.28. The van der Waals surface area contributed by atoms with Crippen LogP contribution in [0.15, 0.2) is 27.5 Å². The number of nitrogens with zero attached hydrogens (tertiary/aromatic N) is 7. The van der Waals surface area contributed by atoms with E-state index in [-0.39, 0.29) is 5.95 Å². The van der Waals surface area contributed by atoms with Gasteiger partial charge in [-0.05, 0) is 18.7 Å². The topological polar surface area (TPSA) is 120 Å². The Morgan fingerprint density at radius 2 is 2.20 bits per heavy atom. The summed E-state index contributed by atoms with van der Waals surface area (Å²) in [4.78, 5) is 20.8. The zero-order valence-electron chi connectivity index (χ0n) is 10.3. The normalized spacial score (nSPS) is 10.7. The predicted molar refractivity (Wildman–Crippen MR) is 73.5 cm³/mol. The SMILES string of the molecule is Cc1csc(Sc2nc(NN)nc(-n3cncn3)n2)n1. The second kappa shape index (κ2) is 5.48. The summed E-state index contributed by atoms with van der Waals surface area (Å²) in [5, 5.41) is 6.42. The Labute approximate surface area is 121 Å². The van der Waals surface area contributed by atoms with E-state index >= 15 is 0 Å². The number of aromatic nitrogens is 7. The van der Waals surface area contributed by atoms with Crippen LogP contribution in [0.3, 0.4) is 0 Å². The molecule has 0 spiro atoms. The number of nitrogens with one attached hydrogen (secondary N) is 1. The van der Waals surface area contributed by atoms with Crippen LogP contribution in [-0.4, -0.2) is 34.7 Å². The largest absolute Gasteiger partial charge is 0.292 e. The molecule has 0 aliphatic rings. The Morgan fingerprint density at radius 3 is 2.85 bits per heavy atom. The van der Waals surface area contributed by atoms with Crippen molar-refractivity contribution >= 4 is 29.0 Å². The van der Waals surface area contributed by atoms with Crippen molar-refractivity contribution in [2.75, 3.05) is 5.43 Å². The highest BCUT2D eigenvalue weighted by Crippen LogP contribution is 2.28. The highest BCUT2D eigenvalue weighted by Gasteiger charge is 2.11. The van der Waals surface area contributed by atoms with E-state index in [1.54, 1.807) is 0 Å². The van der Waals surface area contributed by atoms with Crippen LogP contribution in [0, 0.1) is 6.92 Å². The van der Waals surface area contributed by atoms with Crippen molar-refractivity contribution in [3.8, 4) is 5.95 Å². The lowest BCUT2D eigenvalue weighted by Gasteiger charge is -2.04. The first-order chi connectivity index (χ1) is 9.74. The summed E-state index contributed by atoms with van der Waals surface area (Å²) in [7, 11) is 0. The third-order valence-corrected chi connectivity index (χ3v) is 4.05. The fraction of sp³-hybridized carbons (Fsp3) is 0.111. The van der Waals surface area contributed by atoms with E-state index < -0.39 is 0 Å². The number of hydrazine groups is 1. The molecule has 0 fully saturated rings. The predicted octanol–water partition coefficient (Wildman–Crippen LogP) is 0.654. The zero-order valence-corrected chi connectivity index (χ0v) is 11.9. The molecule has 102 valence electrons. The van der Waals surface area contributed by atoms with Crippen LogP contribution in [0.4, 0.5) is 5.95 Å². The van der Waals surface area contributed by atoms with Gasteiger partial charge in [-0.3, -0.25) is 5.43 Å². The number of nitrogens with two attached hydrogens (primary N) is 1. The van der Waals surface area contributed by atoms with Crippen molar-refractivity contribution in [2.45, 2.75) is 16.4 Å². The number of rotatable bonds is 4.